The number of anilines is 1. The molecule has 160 valence electrons. The first-order chi connectivity index (χ1) is 14.5. The maximum Gasteiger partial charge on any atom is 0.329 e. The molecule has 1 saturated heterocycles. The third kappa shape index (κ3) is 3.56. The van der Waals surface area contributed by atoms with E-state index in [1.54, 1.807) is 0 Å². The molecule has 1 aromatic carbocycles. The highest BCUT2D eigenvalue weighted by atomic mass is 19.1. The van der Waals surface area contributed by atoms with Crippen molar-refractivity contribution in [1.29, 1.82) is 5.26 Å². The molecule has 2 N–H and O–H groups in total. The SMILES string of the molecule is COc1c(N2CCC(C(C)NCCC#N)C2)c(F)cc2c(=O)[nH]c(=O)n(C3CC3)c12. The fourth-order valence-electron chi connectivity index (χ4n) is 4.43. The van der Waals surface area contributed by atoms with Crippen LogP contribution >= 0.6 is 0 Å². The summed E-state index contributed by atoms with van der Waals surface area (Å²) in [7, 11) is 1.44. The highest BCUT2D eigenvalue weighted by molar-refractivity contribution is 5.91. The molecular weight excluding hydrogens is 389 g/mol. The summed E-state index contributed by atoms with van der Waals surface area (Å²) in [5.74, 6) is -0.00396. The van der Waals surface area contributed by atoms with Gasteiger partial charge in [0.05, 0.1) is 18.6 Å². The number of nitriles is 1. The van der Waals surface area contributed by atoms with E-state index in [-0.39, 0.29) is 29.1 Å². The number of methoxy groups -OCH3 is 1. The maximum absolute atomic E-state index is 15.2. The zero-order chi connectivity index (χ0) is 21.4. The van der Waals surface area contributed by atoms with Crippen LogP contribution in [0.5, 0.6) is 5.75 Å². The van der Waals surface area contributed by atoms with Crippen LogP contribution in [-0.2, 0) is 0 Å². The van der Waals surface area contributed by atoms with Crippen LogP contribution in [-0.4, -0.2) is 42.3 Å². The van der Waals surface area contributed by atoms with E-state index in [1.165, 1.54) is 17.7 Å². The van der Waals surface area contributed by atoms with Gasteiger partial charge in [0.25, 0.3) is 5.56 Å². The lowest BCUT2D eigenvalue weighted by Gasteiger charge is -2.25. The van der Waals surface area contributed by atoms with Crippen molar-refractivity contribution in [2.75, 3.05) is 31.6 Å². The number of rotatable bonds is 7. The van der Waals surface area contributed by atoms with Gasteiger partial charge in [-0.25, -0.2) is 9.18 Å². The molecule has 30 heavy (non-hydrogen) atoms. The minimum Gasteiger partial charge on any atom is -0.492 e. The number of halogens is 1. The van der Waals surface area contributed by atoms with Gasteiger partial charge in [0.2, 0.25) is 0 Å². The van der Waals surface area contributed by atoms with Gasteiger partial charge >= 0.3 is 5.69 Å². The average Bonchev–Trinajstić information content (AvgIpc) is 3.43. The van der Waals surface area contributed by atoms with Gasteiger partial charge in [-0.3, -0.25) is 14.3 Å². The zero-order valence-corrected chi connectivity index (χ0v) is 17.2. The van der Waals surface area contributed by atoms with Crippen LogP contribution in [0.2, 0.25) is 0 Å². The van der Waals surface area contributed by atoms with Crippen LogP contribution in [0.15, 0.2) is 15.7 Å². The molecule has 8 nitrogen and oxygen atoms in total. The molecule has 2 aromatic rings. The van der Waals surface area contributed by atoms with Crippen molar-refractivity contribution in [3.63, 3.8) is 0 Å². The predicted molar refractivity (Wildman–Crippen MR) is 112 cm³/mol. The van der Waals surface area contributed by atoms with Crippen molar-refractivity contribution >= 4 is 16.6 Å². The summed E-state index contributed by atoms with van der Waals surface area (Å²) >= 11 is 0. The Labute approximate surface area is 173 Å². The number of nitrogens with zero attached hydrogens (tertiary/aromatic N) is 3. The quantitative estimate of drug-likeness (QED) is 0.670. The number of hydrogen-bond acceptors (Lipinski definition) is 6. The largest absolute Gasteiger partial charge is 0.492 e. The Kier molecular flexibility index (Phi) is 5.52. The lowest BCUT2D eigenvalue weighted by atomic mass is 10.0. The van der Waals surface area contributed by atoms with Crippen LogP contribution in [0.3, 0.4) is 0 Å². The molecular formula is C21H26FN5O3. The van der Waals surface area contributed by atoms with Gasteiger partial charge < -0.3 is 15.0 Å². The first-order valence-electron chi connectivity index (χ1n) is 10.4. The fraction of sp³-hybridized carbons (Fsp3) is 0.571. The van der Waals surface area contributed by atoms with E-state index in [1.807, 2.05) is 4.90 Å². The molecule has 0 bridgehead atoms. The number of nitrogens with one attached hydrogen (secondary N) is 2. The predicted octanol–water partition coefficient (Wildman–Crippen LogP) is 1.89. The minimum atomic E-state index is -0.606. The molecule has 0 amide bonds. The first-order valence-corrected chi connectivity index (χ1v) is 10.4. The second kappa shape index (κ2) is 8.11. The summed E-state index contributed by atoms with van der Waals surface area (Å²) in [5, 5.41) is 12.2. The van der Waals surface area contributed by atoms with E-state index >= 15 is 4.39 Å². The fourth-order valence-corrected chi connectivity index (χ4v) is 4.43. The van der Waals surface area contributed by atoms with Gasteiger partial charge in [-0.05, 0) is 38.2 Å². The number of aromatic nitrogens is 2. The third-order valence-corrected chi connectivity index (χ3v) is 6.17. The monoisotopic (exact) mass is 415 g/mol. The van der Waals surface area contributed by atoms with Crippen molar-refractivity contribution in [3.05, 3.63) is 32.7 Å². The Bertz CT molecular complexity index is 1110. The summed E-state index contributed by atoms with van der Waals surface area (Å²) in [6.45, 7) is 3.96. The molecule has 4 rings (SSSR count). The van der Waals surface area contributed by atoms with Gasteiger partial charge in [-0.1, -0.05) is 0 Å². The van der Waals surface area contributed by atoms with Gasteiger partial charge in [-0.2, -0.15) is 5.26 Å². The van der Waals surface area contributed by atoms with Gasteiger partial charge in [0, 0.05) is 38.1 Å². The summed E-state index contributed by atoms with van der Waals surface area (Å²) < 4.78 is 22.4. The Morgan fingerprint density at radius 1 is 1.40 bits per heavy atom. The summed E-state index contributed by atoms with van der Waals surface area (Å²) in [6.07, 6.45) is 3.00. The molecule has 1 saturated carbocycles. The molecule has 2 heterocycles. The van der Waals surface area contributed by atoms with Crippen LogP contribution in [0.4, 0.5) is 10.1 Å². The Balaban J connectivity index is 1.74. The molecule has 2 atom stereocenters. The van der Waals surface area contributed by atoms with Crippen molar-refractivity contribution < 1.29 is 9.13 Å². The van der Waals surface area contributed by atoms with E-state index in [0.29, 0.717) is 37.3 Å². The molecule has 1 aromatic heterocycles. The summed E-state index contributed by atoms with van der Waals surface area (Å²) in [6, 6.07) is 3.52. The van der Waals surface area contributed by atoms with E-state index in [0.717, 1.165) is 19.3 Å². The summed E-state index contributed by atoms with van der Waals surface area (Å²) in [4.78, 5) is 29.1. The second-order valence-electron chi connectivity index (χ2n) is 8.14. The Hall–Kier alpha value is -2.86. The zero-order valence-electron chi connectivity index (χ0n) is 17.2. The molecule has 0 spiro atoms. The normalized spacial score (nSPS) is 19.8. The van der Waals surface area contributed by atoms with Crippen molar-refractivity contribution in [2.45, 2.75) is 44.7 Å². The van der Waals surface area contributed by atoms with Crippen molar-refractivity contribution in [2.24, 2.45) is 5.92 Å². The van der Waals surface area contributed by atoms with Gasteiger partial charge in [0.1, 0.15) is 11.2 Å². The van der Waals surface area contributed by atoms with Gasteiger partial charge in [0.15, 0.2) is 11.6 Å². The number of ether oxygens (including phenoxy) is 1. The number of aromatic amines is 1. The van der Waals surface area contributed by atoms with Gasteiger partial charge in [-0.15, -0.1) is 0 Å². The smallest absolute Gasteiger partial charge is 0.329 e. The molecule has 2 fully saturated rings. The van der Waals surface area contributed by atoms with E-state index in [4.69, 9.17) is 10.00 Å². The van der Waals surface area contributed by atoms with Crippen LogP contribution in [0, 0.1) is 23.1 Å². The standard InChI is InChI=1S/C21H26FN5O3/c1-12(24-8-3-7-23)13-6-9-26(11-13)18-16(22)10-15-17(19(18)30-2)27(14-4-5-14)21(29)25-20(15)28/h10,12-14,24H,3-6,8-9,11H2,1-2H3,(H,25,28,29). The lowest BCUT2D eigenvalue weighted by Crippen LogP contribution is -2.36. The number of hydrogen-bond donors (Lipinski definition) is 2. The highest BCUT2D eigenvalue weighted by Crippen LogP contribution is 2.43. The van der Waals surface area contributed by atoms with E-state index in [2.05, 4.69) is 23.3 Å². The Morgan fingerprint density at radius 3 is 2.83 bits per heavy atom. The number of H-pyrrole nitrogens is 1. The average molecular weight is 415 g/mol. The number of benzene rings is 1. The van der Waals surface area contributed by atoms with Crippen molar-refractivity contribution in [3.8, 4) is 11.8 Å². The molecule has 2 aliphatic rings. The molecule has 1 aliphatic heterocycles. The molecule has 0 radical (unpaired) electrons. The Morgan fingerprint density at radius 2 is 2.17 bits per heavy atom. The molecule has 1 aliphatic carbocycles. The topological polar surface area (TPSA) is 103 Å². The summed E-state index contributed by atoms with van der Waals surface area (Å²) in [5.41, 5.74) is -0.421. The van der Waals surface area contributed by atoms with Crippen LogP contribution in [0.25, 0.3) is 10.9 Å². The minimum absolute atomic E-state index is 0.000237. The first kappa shape index (κ1) is 20.4. The number of fused-ring (bicyclic) bond motifs is 1. The lowest BCUT2D eigenvalue weighted by molar-refractivity contribution is 0.402. The van der Waals surface area contributed by atoms with Crippen LogP contribution in [0.1, 0.15) is 38.6 Å². The van der Waals surface area contributed by atoms with E-state index < -0.39 is 17.1 Å². The maximum atomic E-state index is 15.2. The second-order valence-corrected chi connectivity index (χ2v) is 8.14. The molecule has 9 heteroatoms. The van der Waals surface area contributed by atoms with Crippen LogP contribution < -0.4 is 26.2 Å². The highest BCUT2D eigenvalue weighted by Gasteiger charge is 2.34. The third-order valence-electron chi connectivity index (χ3n) is 6.17. The van der Waals surface area contributed by atoms with Crippen molar-refractivity contribution in [1.82, 2.24) is 14.9 Å². The molecule has 2 unspecified atom stereocenters. The van der Waals surface area contributed by atoms with E-state index in [9.17, 15) is 9.59 Å².